The molecule has 0 unspecified atom stereocenters. The molecule has 3 rings (SSSR count). The van der Waals surface area contributed by atoms with Crippen LogP contribution >= 0.6 is 0 Å². The second kappa shape index (κ2) is 9.80. The zero-order chi connectivity index (χ0) is 22.4. The molecule has 162 valence electrons. The summed E-state index contributed by atoms with van der Waals surface area (Å²) in [5.41, 5.74) is 1.71. The average molecular weight is 418 g/mol. The van der Waals surface area contributed by atoms with Crippen molar-refractivity contribution in [3.63, 3.8) is 0 Å². The molecular weight excluding hydrogens is 386 g/mol. The minimum Gasteiger partial charge on any atom is -0.493 e. The van der Waals surface area contributed by atoms with E-state index in [1.807, 2.05) is 80.8 Å². The van der Waals surface area contributed by atoms with Crippen LogP contribution < -0.4 is 9.47 Å². The summed E-state index contributed by atoms with van der Waals surface area (Å²) < 4.78 is 10.9. The van der Waals surface area contributed by atoms with Gasteiger partial charge in [-0.1, -0.05) is 60.7 Å². The largest absolute Gasteiger partial charge is 0.493 e. The van der Waals surface area contributed by atoms with Crippen LogP contribution in [0, 0.1) is 0 Å². The molecule has 0 saturated carbocycles. The van der Waals surface area contributed by atoms with E-state index in [9.17, 15) is 4.79 Å². The van der Waals surface area contributed by atoms with Crippen LogP contribution in [0.3, 0.4) is 0 Å². The monoisotopic (exact) mass is 417 g/mol. The topological polar surface area (TPSA) is 38.8 Å². The Morgan fingerprint density at radius 1 is 0.839 bits per heavy atom. The van der Waals surface area contributed by atoms with E-state index in [0.29, 0.717) is 23.5 Å². The van der Waals surface area contributed by atoms with Crippen molar-refractivity contribution in [2.24, 2.45) is 0 Å². The standard InChI is InChI=1S/C27H31NO3/c1-20(28(2)3)19-27(22-12-8-6-9-13-22,23-14-10-7-11-15-23)26(29)21-16-17-24(30-4)25(18-21)31-5/h6-18,20H,19H2,1-5H3/t20-/m0/s1. The Morgan fingerprint density at radius 2 is 1.35 bits per heavy atom. The number of Topliss-reactive ketones (excluding diaryl/α,β-unsaturated/α-hetero) is 1. The van der Waals surface area contributed by atoms with Crippen LogP contribution in [0.2, 0.25) is 0 Å². The Morgan fingerprint density at radius 3 is 1.81 bits per heavy atom. The van der Waals surface area contributed by atoms with E-state index in [-0.39, 0.29) is 11.8 Å². The van der Waals surface area contributed by atoms with Crippen molar-refractivity contribution in [3.8, 4) is 11.5 Å². The lowest BCUT2D eigenvalue weighted by molar-refractivity contribution is 0.0882. The van der Waals surface area contributed by atoms with E-state index < -0.39 is 5.41 Å². The van der Waals surface area contributed by atoms with Gasteiger partial charge in [-0.25, -0.2) is 0 Å². The molecule has 0 aliphatic carbocycles. The third-order valence-electron chi connectivity index (χ3n) is 6.05. The fourth-order valence-corrected chi connectivity index (χ4v) is 4.05. The van der Waals surface area contributed by atoms with Crippen molar-refractivity contribution < 1.29 is 14.3 Å². The fraction of sp³-hybridized carbons (Fsp3) is 0.296. The molecule has 1 atom stereocenters. The van der Waals surface area contributed by atoms with Gasteiger partial charge in [-0.3, -0.25) is 4.79 Å². The van der Waals surface area contributed by atoms with E-state index in [2.05, 4.69) is 11.8 Å². The quantitative estimate of drug-likeness (QED) is 0.448. The summed E-state index contributed by atoms with van der Waals surface area (Å²) in [6, 6.07) is 25.7. The first kappa shape index (κ1) is 22.6. The normalized spacial score (nSPS) is 12.5. The SMILES string of the molecule is COc1ccc(C(=O)C(C[C@H](C)N(C)C)(c2ccccc2)c2ccccc2)cc1OC. The number of hydrogen-bond acceptors (Lipinski definition) is 4. The van der Waals surface area contributed by atoms with Crippen LogP contribution in [0.5, 0.6) is 11.5 Å². The number of methoxy groups -OCH3 is 2. The second-order valence-corrected chi connectivity index (χ2v) is 8.05. The van der Waals surface area contributed by atoms with Crippen molar-refractivity contribution in [3.05, 3.63) is 95.6 Å². The highest BCUT2D eigenvalue weighted by atomic mass is 16.5. The summed E-state index contributed by atoms with van der Waals surface area (Å²) >= 11 is 0. The van der Waals surface area contributed by atoms with Gasteiger partial charge in [0.05, 0.1) is 19.6 Å². The number of carbonyl (C=O) groups excluding carboxylic acids is 1. The molecule has 3 aromatic carbocycles. The van der Waals surface area contributed by atoms with E-state index in [1.165, 1.54) is 0 Å². The molecule has 31 heavy (non-hydrogen) atoms. The number of rotatable bonds is 9. The fourth-order valence-electron chi connectivity index (χ4n) is 4.05. The zero-order valence-electron chi connectivity index (χ0n) is 19.0. The van der Waals surface area contributed by atoms with E-state index in [0.717, 1.165) is 11.1 Å². The van der Waals surface area contributed by atoms with Gasteiger partial charge in [0.1, 0.15) is 0 Å². The van der Waals surface area contributed by atoms with Crippen LogP contribution in [0.1, 0.15) is 34.8 Å². The minimum atomic E-state index is -0.841. The Kier molecular flexibility index (Phi) is 7.13. The van der Waals surface area contributed by atoms with Gasteiger partial charge in [-0.2, -0.15) is 0 Å². The molecule has 0 aromatic heterocycles. The first-order valence-corrected chi connectivity index (χ1v) is 10.5. The number of nitrogens with zero attached hydrogens (tertiary/aromatic N) is 1. The molecule has 0 saturated heterocycles. The lowest BCUT2D eigenvalue weighted by atomic mass is 9.66. The molecule has 0 spiro atoms. The van der Waals surface area contributed by atoms with Gasteiger partial charge >= 0.3 is 0 Å². The third-order valence-corrected chi connectivity index (χ3v) is 6.05. The zero-order valence-corrected chi connectivity index (χ0v) is 19.0. The molecule has 0 amide bonds. The molecule has 0 aliphatic rings. The molecule has 0 radical (unpaired) electrons. The number of benzene rings is 3. The van der Waals surface area contributed by atoms with Crippen molar-refractivity contribution in [2.75, 3.05) is 28.3 Å². The maximum absolute atomic E-state index is 14.4. The molecule has 0 aliphatic heterocycles. The van der Waals surface area contributed by atoms with Crippen molar-refractivity contribution in [1.29, 1.82) is 0 Å². The van der Waals surface area contributed by atoms with Gasteiger partial charge in [0.2, 0.25) is 0 Å². The van der Waals surface area contributed by atoms with Gasteiger partial charge in [-0.05, 0) is 56.8 Å². The van der Waals surface area contributed by atoms with Gasteiger partial charge in [0, 0.05) is 11.6 Å². The second-order valence-electron chi connectivity index (χ2n) is 8.05. The van der Waals surface area contributed by atoms with Gasteiger partial charge in [-0.15, -0.1) is 0 Å². The molecule has 4 nitrogen and oxygen atoms in total. The van der Waals surface area contributed by atoms with Gasteiger partial charge in [0.15, 0.2) is 17.3 Å². The van der Waals surface area contributed by atoms with Gasteiger partial charge in [0.25, 0.3) is 0 Å². The molecule has 0 N–H and O–H groups in total. The molecule has 3 aromatic rings. The summed E-state index contributed by atoms with van der Waals surface area (Å²) in [7, 11) is 7.27. The molecule has 4 heteroatoms. The number of carbonyl (C=O) groups is 1. The highest BCUT2D eigenvalue weighted by Gasteiger charge is 2.43. The third kappa shape index (κ3) is 4.49. The molecule has 0 fully saturated rings. The molecular formula is C27H31NO3. The lowest BCUT2D eigenvalue weighted by Crippen LogP contribution is -2.43. The number of hydrogen-bond donors (Lipinski definition) is 0. The van der Waals surface area contributed by atoms with Crippen LogP contribution in [0.4, 0.5) is 0 Å². The minimum absolute atomic E-state index is 0.0413. The van der Waals surface area contributed by atoms with Crippen LogP contribution in [-0.2, 0) is 5.41 Å². The summed E-state index contributed by atoms with van der Waals surface area (Å²) in [6.45, 7) is 2.16. The predicted molar refractivity (Wildman–Crippen MR) is 125 cm³/mol. The summed E-state index contributed by atoms with van der Waals surface area (Å²) in [5.74, 6) is 1.19. The van der Waals surface area contributed by atoms with E-state index in [1.54, 1.807) is 26.4 Å². The first-order chi connectivity index (χ1) is 14.9. The highest BCUT2D eigenvalue weighted by molar-refractivity contribution is 6.07. The first-order valence-electron chi connectivity index (χ1n) is 10.5. The summed E-state index contributed by atoms with van der Waals surface area (Å²) in [4.78, 5) is 16.5. The van der Waals surface area contributed by atoms with E-state index in [4.69, 9.17) is 9.47 Å². The summed E-state index contributed by atoms with van der Waals surface area (Å²) in [5, 5.41) is 0. The number of ether oxygens (including phenoxy) is 2. The Hall–Kier alpha value is -3.11. The maximum atomic E-state index is 14.4. The van der Waals surface area contributed by atoms with Gasteiger partial charge < -0.3 is 14.4 Å². The Labute approximate surface area is 185 Å². The van der Waals surface area contributed by atoms with Crippen LogP contribution in [0.15, 0.2) is 78.9 Å². The van der Waals surface area contributed by atoms with Crippen LogP contribution in [0.25, 0.3) is 0 Å². The average Bonchev–Trinajstić information content (AvgIpc) is 2.82. The summed E-state index contributed by atoms with van der Waals surface area (Å²) in [6.07, 6.45) is 0.640. The smallest absolute Gasteiger partial charge is 0.177 e. The van der Waals surface area contributed by atoms with Crippen molar-refractivity contribution in [2.45, 2.75) is 24.8 Å². The van der Waals surface area contributed by atoms with Crippen molar-refractivity contribution in [1.82, 2.24) is 4.90 Å². The Bertz CT molecular complexity index is 960. The number of ketones is 1. The Balaban J connectivity index is 2.27. The van der Waals surface area contributed by atoms with E-state index >= 15 is 0 Å². The molecule has 0 bridgehead atoms. The van der Waals surface area contributed by atoms with Crippen molar-refractivity contribution >= 4 is 5.78 Å². The maximum Gasteiger partial charge on any atom is 0.177 e. The highest BCUT2D eigenvalue weighted by Crippen LogP contribution is 2.41. The molecule has 0 heterocycles. The lowest BCUT2D eigenvalue weighted by Gasteiger charge is -2.38. The predicted octanol–water partition coefficient (Wildman–Crippen LogP) is 5.21. The van der Waals surface area contributed by atoms with Crippen LogP contribution in [-0.4, -0.2) is 45.0 Å².